The van der Waals surface area contributed by atoms with Gasteiger partial charge in [-0.15, -0.1) is 0 Å². The topological polar surface area (TPSA) is 58.6 Å². The van der Waals surface area contributed by atoms with Crippen LogP contribution in [0.15, 0.2) is 42.7 Å². The van der Waals surface area contributed by atoms with E-state index in [2.05, 4.69) is 40.8 Å². The lowest BCUT2D eigenvalue weighted by molar-refractivity contribution is -0.130. The molecule has 1 saturated carbocycles. The van der Waals surface area contributed by atoms with Gasteiger partial charge in [-0.25, -0.2) is 9.97 Å². The van der Waals surface area contributed by atoms with Crippen LogP contribution in [0.3, 0.4) is 0 Å². The van der Waals surface area contributed by atoms with Gasteiger partial charge in [-0.1, -0.05) is 38.8 Å². The Labute approximate surface area is 197 Å². The SMILES string of the molecule is CCC1CN(c2ncccn2)CC2(CCN(C(=O)c3ccc(C4(C)CCCC4)cc3)CC2)O1. The fourth-order valence-corrected chi connectivity index (χ4v) is 5.94. The van der Waals surface area contributed by atoms with Crippen molar-refractivity contribution in [3.63, 3.8) is 0 Å². The summed E-state index contributed by atoms with van der Waals surface area (Å²) in [6, 6.07) is 10.3. The molecule has 0 radical (unpaired) electrons. The molecule has 5 rings (SSSR count). The second-order valence-electron chi connectivity index (χ2n) is 10.4. The van der Waals surface area contributed by atoms with Crippen molar-refractivity contribution < 1.29 is 9.53 Å². The van der Waals surface area contributed by atoms with E-state index >= 15 is 0 Å². The van der Waals surface area contributed by atoms with E-state index in [4.69, 9.17) is 4.74 Å². The summed E-state index contributed by atoms with van der Waals surface area (Å²) in [6.45, 7) is 7.57. The molecule has 0 N–H and O–H groups in total. The van der Waals surface area contributed by atoms with Crippen LogP contribution in [0.2, 0.25) is 0 Å². The first-order valence-corrected chi connectivity index (χ1v) is 12.6. The summed E-state index contributed by atoms with van der Waals surface area (Å²) >= 11 is 0. The number of aromatic nitrogens is 2. The van der Waals surface area contributed by atoms with Gasteiger partial charge < -0.3 is 14.5 Å². The van der Waals surface area contributed by atoms with Crippen molar-refractivity contribution in [2.24, 2.45) is 0 Å². The molecule has 6 heteroatoms. The molecule has 1 atom stereocenters. The van der Waals surface area contributed by atoms with Crippen LogP contribution in [-0.4, -0.2) is 58.7 Å². The Morgan fingerprint density at radius 1 is 1.06 bits per heavy atom. The molecule has 33 heavy (non-hydrogen) atoms. The van der Waals surface area contributed by atoms with Gasteiger partial charge in [0.15, 0.2) is 0 Å². The molecule has 2 aromatic rings. The Bertz CT molecular complexity index is 948. The third-order valence-corrected chi connectivity index (χ3v) is 8.11. The Kier molecular flexibility index (Phi) is 6.12. The van der Waals surface area contributed by atoms with Crippen LogP contribution in [0.25, 0.3) is 0 Å². The summed E-state index contributed by atoms with van der Waals surface area (Å²) in [5, 5.41) is 0. The van der Waals surface area contributed by atoms with Gasteiger partial charge in [0.25, 0.3) is 5.91 Å². The third-order valence-electron chi connectivity index (χ3n) is 8.11. The number of anilines is 1. The standard InChI is InChI=1S/C27H36N4O2/c1-3-23-19-31(25-28-15-6-16-29-25)20-27(33-23)13-17-30(18-14-27)24(32)21-7-9-22(10-8-21)26(2)11-4-5-12-26/h6-10,15-16,23H,3-5,11-14,17-20H2,1-2H3. The number of amides is 1. The maximum Gasteiger partial charge on any atom is 0.253 e. The van der Waals surface area contributed by atoms with Gasteiger partial charge in [-0.05, 0) is 61.3 Å². The highest BCUT2D eigenvalue weighted by molar-refractivity contribution is 5.94. The molecule has 3 heterocycles. The smallest absolute Gasteiger partial charge is 0.253 e. The fourth-order valence-electron chi connectivity index (χ4n) is 5.94. The number of nitrogens with zero attached hydrogens (tertiary/aromatic N) is 4. The monoisotopic (exact) mass is 448 g/mol. The van der Waals surface area contributed by atoms with Crippen molar-refractivity contribution in [3.05, 3.63) is 53.9 Å². The van der Waals surface area contributed by atoms with Crippen molar-refractivity contribution in [1.29, 1.82) is 0 Å². The Morgan fingerprint density at radius 3 is 2.36 bits per heavy atom. The summed E-state index contributed by atoms with van der Waals surface area (Å²) in [7, 11) is 0. The molecule has 2 aliphatic heterocycles. The maximum absolute atomic E-state index is 13.2. The van der Waals surface area contributed by atoms with Gasteiger partial charge in [0, 0.05) is 37.6 Å². The molecular weight excluding hydrogens is 412 g/mol. The maximum atomic E-state index is 13.2. The van der Waals surface area contributed by atoms with Gasteiger partial charge >= 0.3 is 0 Å². The largest absolute Gasteiger partial charge is 0.368 e. The molecule has 2 saturated heterocycles. The van der Waals surface area contributed by atoms with Gasteiger partial charge in [0.2, 0.25) is 5.95 Å². The summed E-state index contributed by atoms with van der Waals surface area (Å²) in [4.78, 5) is 26.4. The van der Waals surface area contributed by atoms with Crippen LogP contribution < -0.4 is 4.90 Å². The number of benzene rings is 1. The average Bonchev–Trinajstić information content (AvgIpc) is 3.32. The minimum Gasteiger partial charge on any atom is -0.368 e. The molecule has 1 aromatic carbocycles. The highest BCUT2D eigenvalue weighted by atomic mass is 16.5. The Morgan fingerprint density at radius 2 is 1.73 bits per heavy atom. The zero-order chi connectivity index (χ0) is 22.9. The summed E-state index contributed by atoms with van der Waals surface area (Å²) in [6.07, 6.45) is 11.5. The number of hydrogen-bond acceptors (Lipinski definition) is 5. The van der Waals surface area contributed by atoms with E-state index in [-0.39, 0.29) is 23.0 Å². The molecular formula is C27H36N4O2. The van der Waals surface area contributed by atoms with Crippen molar-refractivity contribution in [2.75, 3.05) is 31.1 Å². The van der Waals surface area contributed by atoms with Crippen LogP contribution in [0, 0.1) is 0 Å². The first kappa shape index (κ1) is 22.3. The highest BCUT2D eigenvalue weighted by Gasteiger charge is 2.44. The van der Waals surface area contributed by atoms with Crippen LogP contribution in [0.5, 0.6) is 0 Å². The molecule has 1 unspecified atom stereocenters. The molecule has 3 aliphatic rings. The molecule has 3 fully saturated rings. The molecule has 6 nitrogen and oxygen atoms in total. The number of ether oxygens (including phenoxy) is 1. The van der Waals surface area contributed by atoms with Crippen LogP contribution in [0.1, 0.15) is 74.7 Å². The fraction of sp³-hybridized carbons (Fsp3) is 0.593. The number of piperidine rings is 1. The van der Waals surface area contributed by atoms with E-state index in [0.717, 1.165) is 57.0 Å². The van der Waals surface area contributed by atoms with Gasteiger partial charge in [0.05, 0.1) is 18.2 Å². The Balaban J connectivity index is 1.24. The minimum absolute atomic E-state index is 0.138. The lowest BCUT2D eigenvalue weighted by atomic mass is 9.81. The Hall–Kier alpha value is -2.47. The first-order chi connectivity index (χ1) is 16.0. The molecule has 1 spiro atoms. The molecule has 176 valence electrons. The second-order valence-corrected chi connectivity index (χ2v) is 10.4. The zero-order valence-electron chi connectivity index (χ0n) is 20.0. The summed E-state index contributed by atoms with van der Waals surface area (Å²) in [5.41, 5.74) is 2.21. The quantitative estimate of drug-likeness (QED) is 0.684. The third kappa shape index (κ3) is 4.50. The predicted octanol–water partition coefficient (Wildman–Crippen LogP) is 4.60. The number of carbonyl (C=O) groups is 1. The second kappa shape index (κ2) is 9.05. The average molecular weight is 449 g/mol. The zero-order valence-corrected chi connectivity index (χ0v) is 20.0. The number of morpholine rings is 1. The van der Waals surface area contributed by atoms with E-state index < -0.39 is 0 Å². The summed E-state index contributed by atoms with van der Waals surface area (Å²) < 4.78 is 6.60. The molecule has 1 aliphatic carbocycles. The van der Waals surface area contributed by atoms with Crippen molar-refractivity contribution >= 4 is 11.9 Å². The van der Waals surface area contributed by atoms with Gasteiger partial charge in [-0.2, -0.15) is 0 Å². The van der Waals surface area contributed by atoms with Crippen molar-refractivity contribution in [2.45, 2.75) is 75.9 Å². The predicted molar refractivity (Wildman–Crippen MR) is 130 cm³/mol. The van der Waals surface area contributed by atoms with Crippen molar-refractivity contribution in [1.82, 2.24) is 14.9 Å². The lowest BCUT2D eigenvalue weighted by Gasteiger charge is -2.50. The first-order valence-electron chi connectivity index (χ1n) is 12.6. The van der Waals surface area contributed by atoms with Gasteiger partial charge in [0.1, 0.15) is 0 Å². The number of likely N-dealkylation sites (tertiary alicyclic amines) is 1. The van der Waals surface area contributed by atoms with Crippen LogP contribution in [-0.2, 0) is 10.2 Å². The van der Waals surface area contributed by atoms with E-state index in [1.54, 1.807) is 12.4 Å². The number of hydrogen-bond donors (Lipinski definition) is 0. The normalized spacial score (nSPS) is 24.2. The van der Waals surface area contributed by atoms with Crippen LogP contribution in [0.4, 0.5) is 5.95 Å². The van der Waals surface area contributed by atoms with E-state index in [0.29, 0.717) is 0 Å². The van der Waals surface area contributed by atoms with Crippen LogP contribution >= 0.6 is 0 Å². The lowest BCUT2D eigenvalue weighted by Crippen LogP contribution is -2.60. The van der Waals surface area contributed by atoms with E-state index in [1.165, 1.54) is 31.2 Å². The van der Waals surface area contributed by atoms with Gasteiger partial charge in [-0.3, -0.25) is 4.79 Å². The summed E-state index contributed by atoms with van der Waals surface area (Å²) in [5.74, 6) is 0.909. The molecule has 1 aromatic heterocycles. The highest BCUT2D eigenvalue weighted by Crippen LogP contribution is 2.40. The van der Waals surface area contributed by atoms with E-state index in [9.17, 15) is 4.79 Å². The molecule has 0 bridgehead atoms. The minimum atomic E-state index is -0.240. The van der Waals surface area contributed by atoms with Crippen molar-refractivity contribution in [3.8, 4) is 0 Å². The van der Waals surface area contributed by atoms with E-state index in [1.807, 2.05) is 23.1 Å². The number of carbonyl (C=O) groups excluding carboxylic acids is 1. The molecule has 1 amide bonds. The number of rotatable bonds is 4.